The van der Waals surface area contributed by atoms with Crippen molar-refractivity contribution in [2.75, 3.05) is 14.2 Å². The number of hydrogen-bond acceptors (Lipinski definition) is 12. The zero-order valence-corrected chi connectivity index (χ0v) is 37.3. The molecule has 5 N–H and O–H groups in total. The van der Waals surface area contributed by atoms with Gasteiger partial charge >= 0.3 is 5.97 Å². The maximum absolute atomic E-state index is 14.0. The summed E-state index contributed by atoms with van der Waals surface area (Å²) in [6, 6.07) is 0. The van der Waals surface area contributed by atoms with Crippen LogP contribution in [0.15, 0.2) is 59.4 Å². The van der Waals surface area contributed by atoms with E-state index >= 15 is 0 Å². The van der Waals surface area contributed by atoms with Crippen LogP contribution in [-0.4, -0.2) is 119 Å². The van der Waals surface area contributed by atoms with E-state index in [4.69, 9.17) is 28.4 Å². The predicted molar refractivity (Wildman–Crippen MR) is 223 cm³/mol. The lowest BCUT2D eigenvalue weighted by molar-refractivity contribution is -0.291. The minimum Gasteiger partial charge on any atom is -0.490 e. The fourth-order valence-electron chi connectivity index (χ4n) is 8.92. The molecule has 12 heteroatoms. The Bertz CT molecular complexity index is 1440. The highest BCUT2D eigenvalue weighted by atomic mass is 16.7. The van der Waals surface area contributed by atoms with Crippen molar-refractivity contribution in [2.45, 2.75) is 175 Å². The number of aliphatic hydroxyl groups is 5. The number of cyclic esters (lactones) is 1. The summed E-state index contributed by atoms with van der Waals surface area (Å²) in [7, 11) is 2.91. The van der Waals surface area contributed by atoms with Gasteiger partial charge in [0.15, 0.2) is 6.29 Å². The third-order valence-corrected chi connectivity index (χ3v) is 13.0. The molecule has 2 saturated heterocycles. The van der Waals surface area contributed by atoms with Gasteiger partial charge in [-0.2, -0.15) is 0 Å². The first-order valence-electron chi connectivity index (χ1n) is 21.3. The fraction of sp³-hybridized carbons (Fsp3) is 0.761. The Morgan fingerprint density at radius 3 is 2.29 bits per heavy atom. The zero-order chi connectivity index (χ0) is 43.6. The van der Waals surface area contributed by atoms with Crippen LogP contribution in [0.1, 0.15) is 102 Å². The van der Waals surface area contributed by atoms with Crippen molar-refractivity contribution in [1.82, 2.24) is 0 Å². The predicted octanol–water partition coefficient (Wildman–Crippen LogP) is 5.95. The van der Waals surface area contributed by atoms with E-state index in [1.54, 1.807) is 19.1 Å². The fourth-order valence-corrected chi connectivity index (χ4v) is 8.92. The molecule has 0 spiro atoms. The summed E-state index contributed by atoms with van der Waals surface area (Å²) in [4.78, 5) is 14.0. The molecule has 58 heavy (non-hydrogen) atoms. The lowest BCUT2D eigenvalue weighted by Gasteiger charge is -2.51. The van der Waals surface area contributed by atoms with Crippen LogP contribution in [0.4, 0.5) is 0 Å². The largest absolute Gasteiger partial charge is 0.490 e. The van der Waals surface area contributed by atoms with Crippen LogP contribution in [-0.2, 0) is 33.2 Å². The minimum absolute atomic E-state index is 0.0609. The Balaban J connectivity index is 2.02. The third kappa shape index (κ3) is 12.6. The normalized spacial score (nSPS) is 43.9. The highest BCUT2D eigenvalue weighted by molar-refractivity contribution is 5.87. The second-order valence-corrected chi connectivity index (χ2v) is 17.5. The lowest BCUT2D eigenvalue weighted by atomic mass is 9.72. The zero-order valence-electron chi connectivity index (χ0n) is 37.3. The van der Waals surface area contributed by atoms with E-state index in [9.17, 15) is 30.3 Å². The summed E-state index contributed by atoms with van der Waals surface area (Å²) >= 11 is 0. The molecular formula is C46H76O12. The molecular weight excluding hydrogens is 744 g/mol. The molecule has 0 amide bonds. The number of carbonyl (C=O) groups is 1. The Labute approximate surface area is 348 Å². The van der Waals surface area contributed by atoms with E-state index in [-0.39, 0.29) is 48.1 Å². The first-order valence-corrected chi connectivity index (χ1v) is 21.3. The van der Waals surface area contributed by atoms with Crippen LogP contribution in [0.5, 0.6) is 0 Å². The van der Waals surface area contributed by atoms with Crippen molar-refractivity contribution in [3.8, 4) is 0 Å². The van der Waals surface area contributed by atoms with Gasteiger partial charge < -0.3 is 54.0 Å². The molecule has 0 saturated carbocycles. The van der Waals surface area contributed by atoms with Crippen molar-refractivity contribution in [3.63, 3.8) is 0 Å². The summed E-state index contributed by atoms with van der Waals surface area (Å²) in [5.41, 5.74) is 0.751. The molecule has 2 fully saturated rings. The van der Waals surface area contributed by atoms with E-state index in [2.05, 4.69) is 0 Å². The average molecular weight is 821 g/mol. The van der Waals surface area contributed by atoms with Crippen molar-refractivity contribution < 1.29 is 58.7 Å². The molecule has 0 aliphatic carbocycles. The molecule has 0 bridgehead atoms. The summed E-state index contributed by atoms with van der Waals surface area (Å²) in [6.07, 6.45) is 6.15. The topological polar surface area (TPSA) is 174 Å². The molecule has 18 atom stereocenters. The highest BCUT2D eigenvalue weighted by Crippen LogP contribution is 2.43. The molecule has 0 aromatic carbocycles. The number of carbonyl (C=O) groups excluding carboxylic acids is 1. The Morgan fingerprint density at radius 1 is 1.03 bits per heavy atom. The minimum atomic E-state index is -1.07. The third-order valence-electron chi connectivity index (χ3n) is 13.0. The maximum Gasteiger partial charge on any atom is 0.373 e. The molecule has 0 aromatic heterocycles. The van der Waals surface area contributed by atoms with Gasteiger partial charge in [-0.25, -0.2) is 4.79 Å². The van der Waals surface area contributed by atoms with Crippen LogP contribution in [0.25, 0.3) is 0 Å². The summed E-state index contributed by atoms with van der Waals surface area (Å²) in [5, 5.41) is 55.7. The van der Waals surface area contributed by atoms with Gasteiger partial charge in [-0.15, -0.1) is 0 Å². The quantitative estimate of drug-likeness (QED) is 0.130. The van der Waals surface area contributed by atoms with E-state index in [0.29, 0.717) is 24.8 Å². The summed E-state index contributed by atoms with van der Waals surface area (Å²) in [5.74, 6) is -2.91. The lowest BCUT2D eigenvalue weighted by Crippen LogP contribution is -2.58. The van der Waals surface area contributed by atoms with Crippen LogP contribution in [0.2, 0.25) is 0 Å². The number of allylic oxidation sites excluding steroid dienone is 6. The molecule has 3 heterocycles. The van der Waals surface area contributed by atoms with Crippen molar-refractivity contribution >= 4 is 5.97 Å². The molecule has 3 aliphatic heterocycles. The van der Waals surface area contributed by atoms with Crippen LogP contribution >= 0.6 is 0 Å². The highest BCUT2D eigenvalue weighted by Gasteiger charge is 2.51. The van der Waals surface area contributed by atoms with Crippen LogP contribution in [0.3, 0.4) is 0 Å². The van der Waals surface area contributed by atoms with E-state index < -0.39 is 78.5 Å². The number of ether oxygens (including phenoxy) is 6. The molecule has 3 aliphatic rings. The number of esters is 1. The molecule has 0 aromatic rings. The second-order valence-electron chi connectivity index (χ2n) is 17.5. The van der Waals surface area contributed by atoms with Gasteiger partial charge in [-0.05, 0) is 59.5 Å². The van der Waals surface area contributed by atoms with Gasteiger partial charge in [0, 0.05) is 49.5 Å². The van der Waals surface area contributed by atoms with Crippen molar-refractivity contribution in [3.05, 3.63) is 59.4 Å². The smallest absolute Gasteiger partial charge is 0.373 e. The van der Waals surface area contributed by atoms with Gasteiger partial charge in [0.2, 0.25) is 5.76 Å². The summed E-state index contributed by atoms with van der Waals surface area (Å²) in [6.45, 7) is 21.0. The molecule has 0 radical (unpaired) electrons. The van der Waals surface area contributed by atoms with Crippen LogP contribution < -0.4 is 0 Å². The van der Waals surface area contributed by atoms with E-state index in [0.717, 1.165) is 5.57 Å². The molecule has 1 unspecified atom stereocenters. The monoisotopic (exact) mass is 821 g/mol. The van der Waals surface area contributed by atoms with E-state index in [1.807, 2.05) is 99.6 Å². The van der Waals surface area contributed by atoms with Gasteiger partial charge in [0.1, 0.15) is 18.3 Å². The standard InChI is InChI=1S/C46H76O12/c1-14-17-35-29(7)38(56-39-23-34(47)43(51)32(10)55-39)24-46(11,58-35)31(9)42(50)30(8)44-36(53-12)19-16-18-25(3)20-27(5)40(48)33(15-2)41(49)28(6)21-26(4)22-37(54-13)45(52)57-44/h14,16-19,21-22,27-36,38-44,47-51H,15,20,23-24H2,1-13H3/b17-14+,19-16+,25-18+,26-21+,37-22-/t27-,28-,29-,30+,31+,32+,33?,34+,35-,36+,38-,39-,40+,41-,42-,43+,44-,46-/m1/s1. The van der Waals surface area contributed by atoms with Gasteiger partial charge in [-0.1, -0.05) is 89.1 Å². The van der Waals surface area contributed by atoms with Crippen molar-refractivity contribution in [2.24, 2.45) is 35.5 Å². The molecule has 3 rings (SSSR count). The van der Waals surface area contributed by atoms with Gasteiger partial charge in [-0.3, -0.25) is 0 Å². The SMILES string of the molecule is C/C=C/[C@H]1O[C@@](C)([C@@H](C)[C@H](O)[C@H](C)[C@H]2OC(=O)/C(OC)=C/C(C)=C/[C@@H](C)[C@@H](O)C(CC)[C@@H](O)[C@H](C)C/C(C)=C/C=C/[C@@H]2OC)C[C@@H](O[C@@H]2C[C@H](O)[C@@H](O)[C@H](C)O2)[C@@H]1C. The van der Waals surface area contributed by atoms with E-state index in [1.165, 1.54) is 14.2 Å². The van der Waals surface area contributed by atoms with Gasteiger partial charge in [0.05, 0.1) is 55.4 Å². The number of rotatable bonds is 10. The Kier molecular flexibility index (Phi) is 19.3. The number of methoxy groups -OCH3 is 2. The first-order chi connectivity index (χ1) is 27.2. The first kappa shape index (κ1) is 50.0. The maximum atomic E-state index is 14.0. The van der Waals surface area contributed by atoms with Crippen LogP contribution in [0, 0.1) is 35.5 Å². The molecule has 332 valence electrons. The number of hydrogen-bond donors (Lipinski definition) is 5. The molecule has 12 nitrogen and oxygen atoms in total. The second kappa shape index (κ2) is 22.5. The number of aliphatic hydroxyl groups excluding tert-OH is 5. The van der Waals surface area contributed by atoms with Crippen molar-refractivity contribution in [1.29, 1.82) is 0 Å². The average Bonchev–Trinajstić information content (AvgIpc) is 3.17. The van der Waals surface area contributed by atoms with Gasteiger partial charge in [0.25, 0.3) is 0 Å². The summed E-state index contributed by atoms with van der Waals surface area (Å²) < 4.78 is 37.0. The Morgan fingerprint density at radius 2 is 1.71 bits per heavy atom. The Hall–Kier alpha value is -2.39.